The van der Waals surface area contributed by atoms with Crippen molar-refractivity contribution in [3.63, 3.8) is 0 Å². The average Bonchev–Trinajstić information content (AvgIpc) is 1.86. The van der Waals surface area contributed by atoms with Crippen molar-refractivity contribution < 1.29 is 8.42 Å². The topological polar surface area (TPSA) is 34.1 Å². The van der Waals surface area contributed by atoms with E-state index in [1.165, 1.54) is 6.26 Å². The Morgan fingerprint density at radius 3 is 2.36 bits per heavy atom. The SMILES string of the molecule is CS(=O)(=O)C1CCCC(Cl)C1. The first-order valence-corrected chi connectivity index (χ1v) is 6.22. The molecule has 0 aliphatic heterocycles. The fraction of sp³-hybridized carbons (Fsp3) is 1.00. The molecule has 0 amide bonds. The third-order valence-electron chi connectivity index (χ3n) is 2.17. The van der Waals surface area contributed by atoms with E-state index in [9.17, 15) is 8.42 Å². The lowest BCUT2D eigenvalue weighted by Gasteiger charge is -2.23. The summed E-state index contributed by atoms with van der Waals surface area (Å²) in [5, 5.41) is -0.109. The van der Waals surface area contributed by atoms with Gasteiger partial charge < -0.3 is 0 Å². The smallest absolute Gasteiger partial charge is 0.150 e. The molecule has 1 saturated carbocycles. The highest BCUT2D eigenvalue weighted by atomic mass is 35.5. The second kappa shape index (κ2) is 3.31. The van der Waals surface area contributed by atoms with Gasteiger partial charge in [0.15, 0.2) is 0 Å². The van der Waals surface area contributed by atoms with E-state index in [-0.39, 0.29) is 10.6 Å². The van der Waals surface area contributed by atoms with E-state index in [2.05, 4.69) is 0 Å². The molecule has 1 aliphatic rings. The normalized spacial score (nSPS) is 33.6. The zero-order valence-corrected chi connectivity index (χ0v) is 8.16. The maximum atomic E-state index is 11.1. The minimum Gasteiger partial charge on any atom is -0.229 e. The molecule has 1 aliphatic carbocycles. The van der Waals surface area contributed by atoms with Crippen molar-refractivity contribution in [3.05, 3.63) is 0 Å². The molecule has 0 saturated heterocycles. The highest BCUT2D eigenvalue weighted by molar-refractivity contribution is 7.91. The van der Waals surface area contributed by atoms with Crippen LogP contribution in [0.4, 0.5) is 0 Å². The summed E-state index contributed by atoms with van der Waals surface area (Å²) in [5.41, 5.74) is 0. The summed E-state index contributed by atoms with van der Waals surface area (Å²) in [7, 11) is -2.84. The summed E-state index contributed by atoms with van der Waals surface area (Å²) < 4.78 is 22.1. The van der Waals surface area contributed by atoms with E-state index < -0.39 is 9.84 Å². The van der Waals surface area contributed by atoms with Crippen LogP contribution >= 0.6 is 11.6 Å². The molecule has 0 aromatic heterocycles. The van der Waals surface area contributed by atoms with Gasteiger partial charge in [-0.1, -0.05) is 6.42 Å². The molecule has 2 atom stereocenters. The number of rotatable bonds is 1. The van der Waals surface area contributed by atoms with Crippen LogP contribution in [0.2, 0.25) is 0 Å². The lowest BCUT2D eigenvalue weighted by atomic mass is 10.00. The number of alkyl halides is 1. The van der Waals surface area contributed by atoms with E-state index in [1.807, 2.05) is 0 Å². The molecular formula is C7H13ClO2S. The Kier molecular flexibility index (Phi) is 2.81. The molecular weight excluding hydrogens is 184 g/mol. The van der Waals surface area contributed by atoms with Crippen LogP contribution in [0.25, 0.3) is 0 Å². The van der Waals surface area contributed by atoms with Crippen LogP contribution in [-0.4, -0.2) is 25.3 Å². The monoisotopic (exact) mass is 196 g/mol. The van der Waals surface area contributed by atoms with Crippen molar-refractivity contribution in [2.24, 2.45) is 0 Å². The zero-order chi connectivity index (χ0) is 8.48. The Bertz CT molecular complexity index is 223. The Morgan fingerprint density at radius 2 is 2.00 bits per heavy atom. The number of sulfone groups is 1. The molecule has 66 valence electrons. The third kappa shape index (κ3) is 2.64. The van der Waals surface area contributed by atoms with Crippen molar-refractivity contribution >= 4 is 21.4 Å². The van der Waals surface area contributed by atoms with Crippen LogP contribution in [-0.2, 0) is 9.84 Å². The average molecular weight is 197 g/mol. The van der Waals surface area contributed by atoms with Crippen molar-refractivity contribution in [1.29, 1.82) is 0 Å². The first kappa shape index (κ1) is 9.33. The van der Waals surface area contributed by atoms with Gasteiger partial charge in [-0.05, 0) is 19.3 Å². The minimum atomic E-state index is -2.84. The van der Waals surface area contributed by atoms with Gasteiger partial charge in [0, 0.05) is 11.6 Å². The standard InChI is InChI=1S/C7H13ClO2S/c1-11(9,10)7-4-2-3-6(8)5-7/h6-7H,2-5H2,1H3. The Hall–Kier alpha value is 0.240. The summed E-state index contributed by atoms with van der Waals surface area (Å²) in [6.45, 7) is 0. The quantitative estimate of drug-likeness (QED) is 0.597. The van der Waals surface area contributed by atoms with E-state index in [1.54, 1.807) is 0 Å². The fourth-order valence-electron chi connectivity index (χ4n) is 1.48. The predicted molar refractivity (Wildman–Crippen MR) is 46.7 cm³/mol. The number of hydrogen-bond acceptors (Lipinski definition) is 2. The molecule has 2 nitrogen and oxygen atoms in total. The van der Waals surface area contributed by atoms with Crippen molar-refractivity contribution in [1.82, 2.24) is 0 Å². The Morgan fingerprint density at radius 1 is 1.36 bits per heavy atom. The minimum absolute atomic E-state index is 0.0727. The van der Waals surface area contributed by atoms with Gasteiger partial charge in [-0.15, -0.1) is 11.6 Å². The highest BCUT2D eigenvalue weighted by Crippen LogP contribution is 2.26. The van der Waals surface area contributed by atoms with Crippen molar-refractivity contribution in [3.8, 4) is 0 Å². The van der Waals surface area contributed by atoms with Crippen LogP contribution in [0, 0.1) is 0 Å². The van der Waals surface area contributed by atoms with E-state index in [0.29, 0.717) is 6.42 Å². The van der Waals surface area contributed by atoms with Gasteiger partial charge >= 0.3 is 0 Å². The molecule has 11 heavy (non-hydrogen) atoms. The highest BCUT2D eigenvalue weighted by Gasteiger charge is 2.27. The van der Waals surface area contributed by atoms with E-state index in [4.69, 9.17) is 11.6 Å². The van der Waals surface area contributed by atoms with E-state index >= 15 is 0 Å². The molecule has 0 aromatic carbocycles. The van der Waals surface area contributed by atoms with E-state index in [0.717, 1.165) is 19.3 Å². The molecule has 0 radical (unpaired) electrons. The molecule has 0 bridgehead atoms. The molecule has 0 heterocycles. The molecule has 2 unspecified atom stereocenters. The predicted octanol–water partition coefficient (Wildman–Crippen LogP) is 1.58. The second-order valence-electron chi connectivity index (χ2n) is 3.22. The molecule has 0 aromatic rings. The third-order valence-corrected chi connectivity index (χ3v) is 4.20. The molecule has 1 rings (SSSR count). The van der Waals surface area contributed by atoms with Gasteiger partial charge in [0.05, 0.1) is 5.25 Å². The molecule has 4 heteroatoms. The Balaban J connectivity index is 2.60. The lowest BCUT2D eigenvalue weighted by Crippen LogP contribution is -2.27. The van der Waals surface area contributed by atoms with Crippen LogP contribution in [0.3, 0.4) is 0 Å². The van der Waals surface area contributed by atoms with Crippen LogP contribution in [0.5, 0.6) is 0 Å². The first-order chi connectivity index (χ1) is 5.00. The summed E-state index contributed by atoms with van der Waals surface area (Å²) in [4.78, 5) is 0. The molecule has 1 fully saturated rings. The van der Waals surface area contributed by atoms with Crippen molar-refractivity contribution in [2.45, 2.75) is 36.3 Å². The zero-order valence-electron chi connectivity index (χ0n) is 6.59. The number of hydrogen-bond donors (Lipinski definition) is 0. The fourth-order valence-corrected chi connectivity index (χ4v) is 3.13. The Labute approximate surface area is 72.9 Å². The van der Waals surface area contributed by atoms with Crippen LogP contribution in [0.1, 0.15) is 25.7 Å². The van der Waals surface area contributed by atoms with Gasteiger partial charge in [0.2, 0.25) is 0 Å². The number of halogens is 1. The molecule has 0 N–H and O–H groups in total. The van der Waals surface area contributed by atoms with Crippen LogP contribution < -0.4 is 0 Å². The second-order valence-corrected chi connectivity index (χ2v) is 6.16. The van der Waals surface area contributed by atoms with Crippen LogP contribution in [0.15, 0.2) is 0 Å². The maximum Gasteiger partial charge on any atom is 0.150 e. The van der Waals surface area contributed by atoms with Gasteiger partial charge in [-0.25, -0.2) is 8.42 Å². The van der Waals surface area contributed by atoms with Crippen molar-refractivity contribution in [2.75, 3.05) is 6.26 Å². The van der Waals surface area contributed by atoms with Gasteiger partial charge in [0.25, 0.3) is 0 Å². The first-order valence-electron chi connectivity index (χ1n) is 3.83. The maximum absolute atomic E-state index is 11.1. The summed E-state index contributed by atoms with van der Waals surface area (Å²) in [5.74, 6) is 0. The van der Waals surface area contributed by atoms with Gasteiger partial charge in [-0.2, -0.15) is 0 Å². The summed E-state index contributed by atoms with van der Waals surface area (Å²) >= 11 is 5.85. The molecule has 0 spiro atoms. The lowest BCUT2D eigenvalue weighted by molar-refractivity contribution is 0.491. The van der Waals surface area contributed by atoms with Gasteiger partial charge in [-0.3, -0.25) is 0 Å². The summed E-state index contributed by atoms with van der Waals surface area (Å²) in [6, 6.07) is 0. The largest absolute Gasteiger partial charge is 0.229 e. The summed E-state index contributed by atoms with van der Waals surface area (Å²) in [6.07, 6.45) is 4.65. The van der Waals surface area contributed by atoms with Gasteiger partial charge in [0.1, 0.15) is 9.84 Å².